The van der Waals surface area contributed by atoms with Gasteiger partial charge in [-0.15, -0.1) is 0 Å². The van der Waals surface area contributed by atoms with Gasteiger partial charge in [0.1, 0.15) is 17.8 Å². The van der Waals surface area contributed by atoms with Gasteiger partial charge in [-0.1, -0.05) is 44.2 Å². The van der Waals surface area contributed by atoms with Crippen molar-refractivity contribution in [3.63, 3.8) is 0 Å². The van der Waals surface area contributed by atoms with Crippen molar-refractivity contribution in [1.82, 2.24) is 10.6 Å². The number of carbonyl (C=O) groups excluding carboxylic acids is 1. The first-order valence-corrected chi connectivity index (χ1v) is 10.4. The van der Waals surface area contributed by atoms with Crippen molar-refractivity contribution in [1.29, 1.82) is 0 Å². The molecule has 0 fully saturated rings. The van der Waals surface area contributed by atoms with Gasteiger partial charge in [0.2, 0.25) is 0 Å². The van der Waals surface area contributed by atoms with Crippen molar-refractivity contribution in [3.8, 4) is 5.75 Å². The quantitative estimate of drug-likeness (QED) is 0.408. The van der Waals surface area contributed by atoms with Crippen LogP contribution in [0.5, 0.6) is 5.75 Å². The average Bonchev–Trinajstić information content (AvgIpc) is 2.71. The molecular formula is C23H30N2O6. The van der Waals surface area contributed by atoms with Crippen LogP contribution in [0.3, 0.4) is 0 Å². The number of fused-ring (bicyclic) bond motifs is 1. The zero-order chi connectivity index (χ0) is 23.0. The Bertz CT molecular complexity index is 927. The average molecular weight is 431 g/mol. The molecule has 0 aliphatic rings. The summed E-state index contributed by atoms with van der Waals surface area (Å²) in [5.74, 6) is -2.09. The van der Waals surface area contributed by atoms with E-state index in [0.717, 1.165) is 10.8 Å². The Morgan fingerprint density at radius 3 is 2.29 bits per heavy atom. The molecule has 2 atom stereocenters. The Labute approximate surface area is 181 Å². The summed E-state index contributed by atoms with van der Waals surface area (Å²) in [6.45, 7) is 6.03. The largest absolute Gasteiger partial charge is 0.493 e. The lowest BCUT2D eigenvalue weighted by Crippen LogP contribution is -2.49. The SMILES string of the molecule is CCOc1ccc2ccccc2c1C(=O)NCCC(N[C@@H](CC(C)C)C(=O)O)C(=O)O. The van der Waals surface area contributed by atoms with Crippen LogP contribution in [0, 0.1) is 5.92 Å². The van der Waals surface area contributed by atoms with E-state index in [-0.39, 0.29) is 24.8 Å². The standard InChI is InChI=1S/C23H30N2O6/c1-4-31-19-10-9-15-7-5-6-8-16(15)20(19)21(26)24-12-11-17(22(27)28)25-18(23(29)30)13-14(2)3/h5-10,14,17-18,25H,4,11-13H2,1-3H3,(H,24,26)(H,27,28)(H,29,30)/t17?,18-/m0/s1. The van der Waals surface area contributed by atoms with Crippen molar-refractivity contribution in [2.24, 2.45) is 5.92 Å². The Hall–Kier alpha value is -3.13. The summed E-state index contributed by atoms with van der Waals surface area (Å²) < 4.78 is 5.62. The highest BCUT2D eigenvalue weighted by molar-refractivity contribution is 6.09. The number of hydrogen-bond donors (Lipinski definition) is 4. The summed E-state index contributed by atoms with van der Waals surface area (Å²) in [5.41, 5.74) is 0.392. The second kappa shape index (κ2) is 11.3. The molecule has 0 bridgehead atoms. The van der Waals surface area contributed by atoms with Crippen LogP contribution in [0.15, 0.2) is 36.4 Å². The predicted molar refractivity (Wildman–Crippen MR) is 118 cm³/mol. The predicted octanol–water partition coefficient (Wildman–Crippen LogP) is 2.90. The van der Waals surface area contributed by atoms with Gasteiger partial charge in [-0.25, -0.2) is 0 Å². The van der Waals surface area contributed by atoms with Gasteiger partial charge >= 0.3 is 11.9 Å². The van der Waals surface area contributed by atoms with E-state index in [4.69, 9.17) is 4.74 Å². The van der Waals surface area contributed by atoms with E-state index in [1.807, 2.05) is 51.1 Å². The van der Waals surface area contributed by atoms with Crippen molar-refractivity contribution in [2.45, 2.75) is 45.7 Å². The maximum absolute atomic E-state index is 12.9. The molecule has 0 aromatic heterocycles. The number of ether oxygens (including phenoxy) is 1. The molecule has 0 saturated carbocycles. The molecule has 0 heterocycles. The van der Waals surface area contributed by atoms with Crippen LogP contribution in [0.2, 0.25) is 0 Å². The Balaban J connectivity index is 2.11. The van der Waals surface area contributed by atoms with Crippen molar-refractivity contribution in [3.05, 3.63) is 42.0 Å². The fourth-order valence-electron chi connectivity index (χ4n) is 3.41. The van der Waals surface area contributed by atoms with Crippen LogP contribution in [-0.4, -0.2) is 53.3 Å². The molecule has 0 spiro atoms. The number of carboxylic acid groups (broad SMARTS) is 2. The molecule has 2 aromatic carbocycles. The fraction of sp³-hybridized carbons (Fsp3) is 0.435. The van der Waals surface area contributed by atoms with Gasteiger partial charge in [-0.05, 0) is 42.5 Å². The van der Waals surface area contributed by atoms with Crippen LogP contribution in [0.4, 0.5) is 0 Å². The maximum Gasteiger partial charge on any atom is 0.320 e. The van der Waals surface area contributed by atoms with E-state index in [2.05, 4.69) is 10.6 Å². The molecule has 8 nitrogen and oxygen atoms in total. The number of aliphatic carboxylic acids is 2. The van der Waals surface area contributed by atoms with E-state index in [0.29, 0.717) is 24.3 Å². The van der Waals surface area contributed by atoms with Gasteiger partial charge in [-0.3, -0.25) is 19.7 Å². The number of benzene rings is 2. The Kier molecular flexibility index (Phi) is 8.81. The van der Waals surface area contributed by atoms with E-state index in [1.54, 1.807) is 6.07 Å². The lowest BCUT2D eigenvalue weighted by Gasteiger charge is -2.22. The first-order chi connectivity index (χ1) is 14.7. The topological polar surface area (TPSA) is 125 Å². The number of amides is 1. The highest BCUT2D eigenvalue weighted by Crippen LogP contribution is 2.28. The lowest BCUT2D eigenvalue weighted by atomic mass is 10.0. The summed E-state index contributed by atoms with van der Waals surface area (Å²) in [7, 11) is 0. The van der Waals surface area contributed by atoms with Gasteiger partial charge < -0.3 is 20.3 Å². The van der Waals surface area contributed by atoms with E-state index in [9.17, 15) is 24.6 Å². The van der Waals surface area contributed by atoms with Gasteiger partial charge in [-0.2, -0.15) is 0 Å². The van der Waals surface area contributed by atoms with E-state index in [1.165, 1.54) is 0 Å². The minimum Gasteiger partial charge on any atom is -0.493 e. The third-order valence-corrected chi connectivity index (χ3v) is 4.84. The second-order valence-corrected chi connectivity index (χ2v) is 7.72. The molecule has 4 N–H and O–H groups in total. The third-order valence-electron chi connectivity index (χ3n) is 4.84. The van der Waals surface area contributed by atoms with E-state index < -0.39 is 24.0 Å². The van der Waals surface area contributed by atoms with Crippen LogP contribution in [0.1, 0.15) is 44.0 Å². The van der Waals surface area contributed by atoms with Crippen LogP contribution in [-0.2, 0) is 9.59 Å². The normalized spacial score (nSPS) is 13.0. The Morgan fingerprint density at radius 2 is 1.68 bits per heavy atom. The molecule has 0 radical (unpaired) electrons. The molecule has 168 valence electrons. The van der Waals surface area contributed by atoms with Gasteiger partial charge in [0.25, 0.3) is 5.91 Å². The minimum atomic E-state index is -1.16. The number of rotatable bonds is 12. The monoisotopic (exact) mass is 430 g/mol. The summed E-state index contributed by atoms with van der Waals surface area (Å²) in [6.07, 6.45) is 0.344. The lowest BCUT2D eigenvalue weighted by molar-refractivity contribution is -0.143. The number of carboxylic acids is 2. The molecular weight excluding hydrogens is 400 g/mol. The molecule has 8 heteroatoms. The summed E-state index contributed by atoms with van der Waals surface area (Å²) in [6, 6.07) is 8.99. The highest BCUT2D eigenvalue weighted by Gasteiger charge is 2.26. The summed E-state index contributed by atoms with van der Waals surface area (Å²) in [5, 5.41) is 25.9. The molecule has 1 unspecified atom stereocenters. The van der Waals surface area contributed by atoms with Crippen molar-refractivity contribution < 1.29 is 29.3 Å². The molecule has 31 heavy (non-hydrogen) atoms. The van der Waals surface area contributed by atoms with Crippen LogP contribution < -0.4 is 15.4 Å². The van der Waals surface area contributed by atoms with E-state index >= 15 is 0 Å². The molecule has 2 aromatic rings. The van der Waals surface area contributed by atoms with Gasteiger partial charge in [0.05, 0.1) is 12.2 Å². The van der Waals surface area contributed by atoms with Crippen molar-refractivity contribution in [2.75, 3.05) is 13.2 Å². The smallest absolute Gasteiger partial charge is 0.320 e. The van der Waals surface area contributed by atoms with Crippen LogP contribution >= 0.6 is 0 Å². The third kappa shape index (κ3) is 6.68. The zero-order valence-electron chi connectivity index (χ0n) is 18.1. The van der Waals surface area contributed by atoms with Gasteiger partial charge in [0, 0.05) is 6.54 Å². The first-order valence-electron chi connectivity index (χ1n) is 10.4. The summed E-state index contributed by atoms with van der Waals surface area (Å²) in [4.78, 5) is 36.0. The fourth-order valence-corrected chi connectivity index (χ4v) is 3.41. The highest BCUT2D eigenvalue weighted by atomic mass is 16.5. The maximum atomic E-state index is 12.9. The van der Waals surface area contributed by atoms with Gasteiger partial charge in [0.15, 0.2) is 0 Å². The number of nitrogens with one attached hydrogen (secondary N) is 2. The minimum absolute atomic E-state index is 0.0394. The second-order valence-electron chi connectivity index (χ2n) is 7.72. The first kappa shape index (κ1) is 24.1. The molecule has 0 aliphatic carbocycles. The van der Waals surface area contributed by atoms with Crippen LogP contribution in [0.25, 0.3) is 10.8 Å². The molecule has 1 amide bonds. The Morgan fingerprint density at radius 1 is 1.00 bits per heavy atom. The summed E-state index contributed by atoms with van der Waals surface area (Å²) >= 11 is 0. The molecule has 0 saturated heterocycles. The number of hydrogen-bond acceptors (Lipinski definition) is 5. The number of carbonyl (C=O) groups is 3. The molecule has 0 aliphatic heterocycles. The zero-order valence-corrected chi connectivity index (χ0v) is 18.1. The van der Waals surface area contributed by atoms with Crippen molar-refractivity contribution >= 4 is 28.6 Å². The molecule has 2 rings (SSSR count).